The molecule has 0 saturated heterocycles. The number of aromatic nitrogens is 2. The van der Waals surface area contributed by atoms with Crippen LogP contribution in [0.15, 0.2) is 30.7 Å². The number of hydrogen-bond acceptors (Lipinski definition) is 2. The molecule has 0 aliphatic carbocycles. The largest absolute Gasteiger partial charge is 0.327 e. The molecule has 0 fully saturated rings. The predicted octanol–water partition coefficient (Wildman–Crippen LogP) is 2.85. The van der Waals surface area contributed by atoms with E-state index < -0.39 is 0 Å². The quantitative estimate of drug-likeness (QED) is 0.794. The molecular weight excluding hydrogens is 253 g/mol. The topological polar surface area (TPSA) is 41.6 Å². The van der Waals surface area contributed by atoms with Crippen LogP contribution in [0.5, 0.6) is 0 Å². The number of nitrogens with zero attached hydrogens (tertiary/aromatic N) is 3. The molecule has 0 spiro atoms. The molecule has 92 valence electrons. The van der Waals surface area contributed by atoms with Gasteiger partial charge >= 0.3 is 0 Å². The molecule has 2 heterocycles. The summed E-state index contributed by atoms with van der Waals surface area (Å²) in [6.45, 7) is 0. The SMILES string of the molecule is Cl.N#Cc1ccc([C@H]2CCc3cncn32)c(F)c1. The Bertz CT molecular complexity index is 615. The third-order valence-corrected chi connectivity index (χ3v) is 3.24. The fraction of sp³-hybridized carbons (Fsp3) is 0.231. The van der Waals surface area contributed by atoms with E-state index in [1.54, 1.807) is 18.5 Å². The molecule has 0 N–H and O–H groups in total. The van der Waals surface area contributed by atoms with Crippen molar-refractivity contribution >= 4 is 12.4 Å². The summed E-state index contributed by atoms with van der Waals surface area (Å²) in [5.74, 6) is -0.310. The molecule has 0 saturated carbocycles. The van der Waals surface area contributed by atoms with E-state index in [9.17, 15) is 4.39 Å². The Morgan fingerprint density at radius 2 is 2.28 bits per heavy atom. The number of fused-ring (bicyclic) bond motifs is 1. The Balaban J connectivity index is 0.00000120. The van der Waals surface area contributed by atoms with E-state index in [0.717, 1.165) is 18.5 Å². The normalized spacial score (nSPS) is 16.8. The fourth-order valence-electron chi connectivity index (χ4n) is 2.40. The molecule has 3 nitrogen and oxygen atoms in total. The van der Waals surface area contributed by atoms with Crippen LogP contribution in [0.3, 0.4) is 0 Å². The summed E-state index contributed by atoms with van der Waals surface area (Å²) < 4.78 is 15.9. The molecule has 5 heteroatoms. The van der Waals surface area contributed by atoms with Gasteiger partial charge in [0.15, 0.2) is 0 Å². The first-order chi connectivity index (χ1) is 8.29. The van der Waals surface area contributed by atoms with Crippen molar-refractivity contribution in [3.8, 4) is 6.07 Å². The van der Waals surface area contributed by atoms with Gasteiger partial charge in [-0.25, -0.2) is 9.37 Å². The molecular formula is C13H11ClFN3. The van der Waals surface area contributed by atoms with E-state index >= 15 is 0 Å². The third-order valence-electron chi connectivity index (χ3n) is 3.24. The van der Waals surface area contributed by atoms with Gasteiger partial charge in [0, 0.05) is 17.5 Å². The van der Waals surface area contributed by atoms with Crippen molar-refractivity contribution in [1.29, 1.82) is 5.26 Å². The molecule has 0 unspecified atom stereocenters. The van der Waals surface area contributed by atoms with Gasteiger partial charge < -0.3 is 4.57 Å². The molecule has 0 bridgehead atoms. The zero-order valence-corrected chi connectivity index (χ0v) is 10.3. The van der Waals surface area contributed by atoms with Crippen molar-refractivity contribution in [2.45, 2.75) is 18.9 Å². The average Bonchev–Trinajstić information content (AvgIpc) is 2.91. The number of imidazole rings is 1. The lowest BCUT2D eigenvalue weighted by molar-refractivity contribution is 0.545. The van der Waals surface area contributed by atoms with E-state index in [1.165, 1.54) is 6.07 Å². The van der Waals surface area contributed by atoms with Gasteiger partial charge in [-0.2, -0.15) is 5.26 Å². The van der Waals surface area contributed by atoms with Gasteiger partial charge in [-0.05, 0) is 25.0 Å². The summed E-state index contributed by atoms with van der Waals surface area (Å²) in [6.07, 6.45) is 5.37. The molecule has 1 aromatic heterocycles. The zero-order valence-electron chi connectivity index (χ0n) is 9.51. The molecule has 18 heavy (non-hydrogen) atoms. The summed E-state index contributed by atoms with van der Waals surface area (Å²) in [4.78, 5) is 4.07. The molecule has 1 aliphatic heterocycles. The Morgan fingerprint density at radius 1 is 1.44 bits per heavy atom. The van der Waals surface area contributed by atoms with Crippen molar-refractivity contribution in [2.75, 3.05) is 0 Å². The second kappa shape index (κ2) is 4.79. The maximum Gasteiger partial charge on any atom is 0.129 e. The van der Waals surface area contributed by atoms with Crippen molar-refractivity contribution in [2.24, 2.45) is 0 Å². The van der Waals surface area contributed by atoms with Crippen LogP contribution in [0.4, 0.5) is 4.39 Å². The lowest BCUT2D eigenvalue weighted by atomic mass is 10.0. The highest BCUT2D eigenvalue weighted by molar-refractivity contribution is 5.85. The fourth-order valence-corrected chi connectivity index (χ4v) is 2.40. The van der Waals surface area contributed by atoms with Crippen LogP contribution in [0.25, 0.3) is 0 Å². The monoisotopic (exact) mass is 263 g/mol. The van der Waals surface area contributed by atoms with Crippen LogP contribution in [-0.2, 0) is 6.42 Å². The molecule has 1 atom stereocenters. The average molecular weight is 264 g/mol. The van der Waals surface area contributed by atoms with Gasteiger partial charge in [0.1, 0.15) is 5.82 Å². The van der Waals surface area contributed by atoms with Crippen LogP contribution >= 0.6 is 12.4 Å². The van der Waals surface area contributed by atoms with Crippen LogP contribution in [0.1, 0.15) is 29.3 Å². The van der Waals surface area contributed by atoms with Crippen molar-refractivity contribution in [3.63, 3.8) is 0 Å². The van der Waals surface area contributed by atoms with E-state index in [4.69, 9.17) is 5.26 Å². The first-order valence-corrected chi connectivity index (χ1v) is 5.50. The second-order valence-electron chi connectivity index (χ2n) is 4.19. The molecule has 1 aromatic carbocycles. The van der Waals surface area contributed by atoms with Gasteiger partial charge in [0.05, 0.1) is 24.0 Å². The van der Waals surface area contributed by atoms with Crippen LogP contribution in [-0.4, -0.2) is 9.55 Å². The van der Waals surface area contributed by atoms with E-state index in [1.807, 2.05) is 16.8 Å². The van der Waals surface area contributed by atoms with Gasteiger partial charge in [-0.1, -0.05) is 6.07 Å². The van der Waals surface area contributed by atoms with Crippen LogP contribution in [0.2, 0.25) is 0 Å². The summed E-state index contributed by atoms with van der Waals surface area (Å²) >= 11 is 0. The smallest absolute Gasteiger partial charge is 0.129 e. The number of rotatable bonds is 1. The molecule has 0 radical (unpaired) electrons. The minimum Gasteiger partial charge on any atom is -0.327 e. The van der Waals surface area contributed by atoms with Gasteiger partial charge in [0.25, 0.3) is 0 Å². The lowest BCUT2D eigenvalue weighted by Crippen LogP contribution is -2.06. The minimum absolute atomic E-state index is 0. The van der Waals surface area contributed by atoms with Crippen molar-refractivity contribution in [1.82, 2.24) is 9.55 Å². The van der Waals surface area contributed by atoms with E-state index in [-0.39, 0.29) is 24.3 Å². The van der Waals surface area contributed by atoms with Crippen LogP contribution in [0, 0.1) is 17.1 Å². The highest BCUT2D eigenvalue weighted by Gasteiger charge is 2.25. The number of benzene rings is 1. The first kappa shape index (κ1) is 12.6. The van der Waals surface area contributed by atoms with E-state index in [2.05, 4.69) is 4.98 Å². The second-order valence-corrected chi connectivity index (χ2v) is 4.19. The predicted molar refractivity (Wildman–Crippen MR) is 67.1 cm³/mol. The van der Waals surface area contributed by atoms with Gasteiger partial charge in [0.2, 0.25) is 0 Å². The van der Waals surface area contributed by atoms with Crippen molar-refractivity contribution in [3.05, 3.63) is 53.4 Å². The first-order valence-electron chi connectivity index (χ1n) is 5.50. The highest BCUT2D eigenvalue weighted by Crippen LogP contribution is 2.32. The van der Waals surface area contributed by atoms with Gasteiger partial charge in [-0.15, -0.1) is 12.4 Å². The summed E-state index contributed by atoms with van der Waals surface area (Å²) in [5.41, 5.74) is 2.13. The van der Waals surface area contributed by atoms with Gasteiger partial charge in [-0.3, -0.25) is 0 Å². The maximum atomic E-state index is 13.9. The number of halogens is 2. The molecule has 2 aromatic rings. The van der Waals surface area contributed by atoms with E-state index in [0.29, 0.717) is 11.1 Å². The highest BCUT2D eigenvalue weighted by atomic mass is 35.5. The summed E-state index contributed by atoms with van der Waals surface area (Å²) in [6, 6.07) is 6.61. The van der Waals surface area contributed by atoms with Crippen molar-refractivity contribution < 1.29 is 4.39 Å². The number of nitriles is 1. The zero-order chi connectivity index (χ0) is 11.8. The Morgan fingerprint density at radius 3 is 3.00 bits per heavy atom. The standard InChI is InChI=1S/C13H10FN3.ClH/c14-12-5-9(6-15)1-3-11(12)13-4-2-10-7-16-8-17(10)13;/h1,3,5,7-8,13H,2,4H2;1H/t13-;/m1./s1. The minimum atomic E-state index is -0.310. The lowest BCUT2D eigenvalue weighted by Gasteiger charge is -2.14. The molecule has 3 rings (SSSR count). The number of aryl methyl sites for hydroxylation is 1. The molecule has 0 amide bonds. The molecule has 1 aliphatic rings. The maximum absolute atomic E-state index is 13.9. The summed E-state index contributed by atoms with van der Waals surface area (Å²) in [7, 11) is 0. The Hall–Kier alpha value is -1.86. The van der Waals surface area contributed by atoms with Crippen LogP contribution < -0.4 is 0 Å². The number of hydrogen-bond donors (Lipinski definition) is 0. The Kier molecular flexibility index (Phi) is 3.35. The Labute approximate surface area is 110 Å². The summed E-state index contributed by atoms with van der Waals surface area (Å²) in [5, 5.41) is 8.71. The third kappa shape index (κ3) is 1.87.